The number of rotatable bonds is 3. The smallest absolute Gasteiger partial charge is 0.335 e. The predicted molar refractivity (Wildman–Crippen MR) is 60.5 cm³/mol. The maximum Gasteiger partial charge on any atom is 0.335 e. The number of carboxylic acid groups (broad SMARTS) is 1. The van der Waals surface area contributed by atoms with Crippen LogP contribution in [-0.4, -0.2) is 27.4 Å². The molecule has 0 saturated heterocycles. The van der Waals surface area contributed by atoms with Gasteiger partial charge in [-0.25, -0.2) is 4.79 Å². The third-order valence-electron chi connectivity index (χ3n) is 2.67. The highest BCUT2D eigenvalue weighted by molar-refractivity contribution is 5.96. The molecule has 3 N–H and O–H groups in total. The van der Waals surface area contributed by atoms with Crippen LogP contribution in [-0.2, 0) is 6.54 Å². The summed E-state index contributed by atoms with van der Waals surface area (Å²) < 4.78 is 1.79. The summed E-state index contributed by atoms with van der Waals surface area (Å²) >= 11 is 0. The number of nitrogens with zero attached hydrogens (tertiary/aromatic N) is 2. The van der Waals surface area contributed by atoms with E-state index in [1.807, 2.05) is 0 Å². The lowest BCUT2D eigenvalue weighted by Gasteiger charge is -2.04. The molecular formula is C11H13N3O2. The number of carbonyl (C=O) groups is 1. The van der Waals surface area contributed by atoms with Crippen LogP contribution in [0.4, 0.5) is 0 Å². The zero-order chi connectivity index (χ0) is 11.7. The van der Waals surface area contributed by atoms with Crippen molar-refractivity contribution in [3.05, 3.63) is 29.5 Å². The van der Waals surface area contributed by atoms with Crippen molar-refractivity contribution in [2.45, 2.75) is 13.5 Å². The van der Waals surface area contributed by atoms with E-state index in [-0.39, 0.29) is 0 Å². The number of aromatic nitrogens is 2. The second-order valence-electron chi connectivity index (χ2n) is 3.63. The van der Waals surface area contributed by atoms with Gasteiger partial charge >= 0.3 is 5.97 Å². The summed E-state index contributed by atoms with van der Waals surface area (Å²) in [7, 11) is 0. The molecule has 1 heterocycles. The minimum absolute atomic E-state index is 0.319. The molecule has 5 nitrogen and oxygen atoms in total. The Balaban J connectivity index is 2.64. The summed E-state index contributed by atoms with van der Waals surface area (Å²) in [6.07, 6.45) is 1.69. The standard InChI is InChI=1S/C11H13N3O2/c1-7-8(11(15)16)2-3-10-9(7)6-13-14(10)5-4-12/h2-3,6H,4-5,12H2,1H3,(H,15,16). The van der Waals surface area contributed by atoms with E-state index in [0.29, 0.717) is 18.7 Å². The Morgan fingerprint density at radius 2 is 2.31 bits per heavy atom. The second kappa shape index (κ2) is 3.94. The third kappa shape index (κ3) is 1.55. The van der Waals surface area contributed by atoms with E-state index < -0.39 is 5.97 Å². The third-order valence-corrected chi connectivity index (χ3v) is 2.67. The lowest BCUT2D eigenvalue weighted by Crippen LogP contribution is -2.10. The highest BCUT2D eigenvalue weighted by atomic mass is 16.4. The summed E-state index contributed by atoms with van der Waals surface area (Å²) in [5.41, 5.74) is 7.46. The van der Waals surface area contributed by atoms with Crippen LogP contribution >= 0.6 is 0 Å². The average Bonchev–Trinajstić information content (AvgIpc) is 2.63. The fourth-order valence-electron chi connectivity index (χ4n) is 1.82. The van der Waals surface area contributed by atoms with Crippen LogP contribution < -0.4 is 5.73 Å². The molecule has 0 bridgehead atoms. The first-order valence-electron chi connectivity index (χ1n) is 5.03. The second-order valence-corrected chi connectivity index (χ2v) is 3.63. The van der Waals surface area contributed by atoms with Crippen LogP contribution in [0, 0.1) is 6.92 Å². The lowest BCUT2D eigenvalue weighted by molar-refractivity contribution is 0.0696. The van der Waals surface area contributed by atoms with Gasteiger partial charge in [0.1, 0.15) is 0 Å². The van der Waals surface area contributed by atoms with Crippen molar-refractivity contribution in [3.8, 4) is 0 Å². The molecule has 16 heavy (non-hydrogen) atoms. The van der Waals surface area contributed by atoms with E-state index in [2.05, 4.69) is 5.10 Å². The van der Waals surface area contributed by atoms with Gasteiger partial charge in [-0.1, -0.05) is 0 Å². The molecule has 0 unspecified atom stereocenters. The number of benzene rings is 1. The van der Waals surface area contributed by atoms with Gasteiger partial charge in [-0.3, -0.25) is 4.68 Å². The Hall–Kier alpha value is -1.88. The molecule has 0 aliphatic rings. The van der Waals surface area contributed by atoms with E-state index in [1.165, 1.54) is 0 Å². The van der Waals surface area contributed by atoms with E-state index in [0.717, 1.165) is 16.5 Å². The highest BCUT2D eigenvalue weighted by Gasteiger charge is 2.12. The van der Waals surface area contributed by atoms with Gasteiger partial charge in [-0.15, -0.1) is 0 Å². The van der Waals surface area contributed by atoms with Crippen molar-refractivity contribution in [1.29, 1.82) is 0 Å². The minimum Gasteiger partial charge on any atom is -0.478 e. The van der Waals surface area contributed by atoms with Crippen molar-refractivity contribution in [2.75, 3.05) is 6.54 Å². The van der Waals surface area contributed by atoms with Gasteiger partial charge in [0, 0.05) is 11.9 Å². The number of hydrogen-bond donors (Lipinski definition) is 2. The van der Waals surface area contributed by atoms with Crippen LogP contribution in [0.25, 0.3) is 10.9 Å². The van der Waals surface area contributed by atoms with Crippen LogP contribution in [0.5, 0.6) is 0 Å². The molecule has 0 saturated carbocycles. The van der Waals surface area contributed by atoms with Gasteiger partial charge in [0.15, 0.2) is 0 Å². The van der Waals surface area contributed by atoms with Gasteiger partial charge < -0.3 is 10.8 Å². The molecule has 0 atom stereocenters. The van der Waals surface area contributed by atoms with Crippen molar-refractivity contribution >= 4 is 16.9 Å². The molecule has 0 radical (unpaired) electrons. The van der Waals surface area contributed by atoms with Gasteiger partial charge in [0.25, 0.3) is 0 Å². The maximum absolute atomic E-state index is 11.0. The molecule has 5 heteroatoms. The number of carboxylic acids is 1. The van der Waals surface area contributed by atoms with Gasteiger partial charge in [-0.05, 0) is 24.6 Å². The summed E-state index contributed by atoms with van der Waals surface area (Å²) in [6.45, 7) is 2.94. The molecule has 84 valence electrons. The predicted octanol–water partition coefficient (Wildman–Crippen LogP) is 1.00. The topological polar surface area (TPSA) is 81.1 Å². The number of aromatic carboxylic acids is 1. The zero-order valence-corrected chi connectivity index (χ0v) is 8.97. The van der Waals surface area contributed by atoms with Crippen molar-refractivity contribution in [3.63, 3.8) is 0 Å². The zero-order valence-electron chi connectivity index (χ0n) is 8.97. The van der Waals surface area contributed by atoms with Gasteiger partial charge in [0.2, 0.25) is 0 Å². The Labute approximate surface area is 92.5 Å². The molecule has 0 fully saturated rings. The number of aryl methyl sites for hydroxylation is 1. The normalized spacial score (nSPS) is 10.9. The lowest BCUT2D eigenvalue weighted by atomic mass is 10.1. The average molecular weight is 219 g/mol. The Kier molecular flexibility index (Phi) is 2.62. The fraction of sp³-hybridized carbons (Fsp3) is 0.273. The molecule has 1 aromatic carbocycles. The van der Waals surface area contributed by atoms with Gasteiger partial charge in [0.05, 0.1) is 23.8 Å². The van der Waals surface area contributed by atoms with Crippen LogP contribution in [0.3, 0.4) is 0 Å². The summed E-state index contributed by atoms with van der Waals surface area (Å²) in [5.74, 6) is -0.911. The van der Waals surface area contributed by atoms with E-state index >= 15 is 0 Å². The number of hydrogen-bond acceptors (Lipinski definition) is 3. The molecule has 2 rings (SSSR count). The van der Waals surface area contributed by atoms with Crippen molar-refractivity contribution < 1.29 is 9.90 Å². The molecule has 1 aromatic heterocycles. The fourth-order valence-corrected chi connectivity index (χ4v) is 1.82. The first kappa shape index (κ1) is 10.6. The van der Waals surface area contributed by atoms with E-state index in [1.54, 1.807) is 29.9 Å². The monoisotopic (exact) mass is 219 g/mol. The number of nitrogens with two attached hydrogens (primary N) is 1. The molecule has 2 aromatic rings. The Morgan fingerprint density at radius 1 is 1.56 bits per heavy atom. The van der Waals surface area contributed by atoms with E-state index in [9.17, 15) is 4.79 Å². The molecule has 0 aliphatic carbocycles. The quantitative estimate of drug-likeness (QED) is 0.807. The van der Waals surface area contributed by atoms with E-state index in [4.69, 9.17) is 10.8 Å². The minimum atomic E-state index is -0.911. The van der Waals surface area contributed by atoms with Crippen molar-refractivity contribution in [2.24, 2.45) is 5.73 Å². The Bertz CT molecular complexity index is 545. The SMILES string of the molecule is Cc1c(C(=O)O)ccc2c1cnn2CCN. The van der Waals surface area contributed by atoms with Crippen LogP contribution in [0.1, 0.15) is 15.9 Å². The first-order valence-corrected chi connectivity index (χ1v) is 5.03. The number of fused-ring (bicyclic) bond motifs is 1. The van der Waals surface area contributed by atoms with Crippen molar-refractivity contribution in [1.82, 2.24) is 9.78 Å². The summed E-state index contributed by atoms with van der Waals surface area (Å²) in [4.78, 5) is 11.0. The first-order chi connectivity index (χ1) is 7.65. The molecule has 0 aliphatic heterocycles. The highest BCUT2D eigenvalue weighted by Crippen LogP contribution is 2.21. The molecular weight excluding hydrogens is 206 g/mol. The largest absolute Gasteiger partial charge is 0.478 e. The summed E-state index contributed by atoms with van der Waals surface area (Å²) in [5, 5.41) is 14.0. The maximum atomic E-state index is 11.0. The molecule has 0 amide bonds. The van der Waals surface area contributed by atoms with Crippen LogP contribution in [0.2, 0.25) is 0 Å². The van der Waals surface area contributed by atoms with Gasteiger partial charge in [-0.2, -0.15) is 5.10 Å². The Morgan fingerprint density at radius 3 is 2.94 bits per heavy atom. The summed E-state index contributed by atoms with van der Waals surface area (Å²) in [6, 6.07) is 3.38. The van der Waals surface area contributed by atoms with Crippen LogP contribution in [0.15, 0.2) is 18.3 Å². The molecule has 0 spiro atoms.